The second-order valence-electron chi connectivity index (χ2n) is 13.3. The van der Waals surface area contributed by atoms with Crippen molar-refractivity contribution in [1.82, 2.24) is 24.4 Å². The van der Waals surface area contributed by atoms with Gasteiger partial charge in [-0.25, -0.2) is 9.50 Å². The van der Waals surface area contributed by atoms with Crippen LogP contribution in [0.1, 0.15) is 76.0 Å². The van der Waals surface area contributed by atoms with E-state index in [4.69, 9.17) is 0 Å². The molecule has 2 aliphatic rings. The van der Waals surface area contributed by atoms with Crippen molar-refractivity contribution in [1.29, 1.82) is 0 Å². The number of halogens is 3. The van der Waals surface area contributed by atoms with Crippen LogP contribution in [0.25, 0.3) is 16.9 Å². The summed E-state index contributed by atoms with van der Waals surface area (Å²) in [6, 6.07) is 6.65. The van der Waals surface area contributed by atoms with Gasteiger partial charge < -0.3 is 14.9 Å². The first kappa shape index (κ1) is 29.0. The molecule has 0 unspecified atom stereocenters. The molecule has 1 aliphatic carbocycles. The number of amides is 2. The third kappa shape index (κ3) is 5.56. The average molecular weight is 572 g/mol. The number of piperazine rings is 1. The smallest absolute Gasteiger partial charge is 0.390 e. The maximum Gasteiger partial charge on any atom is 0.416 e. The van der Waals surface area contributed by atoms with E-state index in [1.807, 2.05) is 40.7 Å². The van der Waals surface area contributed by atoms with Crippen LogP contribution in [-0.4, -0.2) is 72.1 Å². The number of alkyl halides is 3. The third-order valence-electron chi connectivity index (χ3n) is 8.14. The number of nitrogens with zero attached hydrogens (tertiary/aromatic N) is 5. The first-order valence-corrected chi connectivity index (χ1v) is 13.8. The van der Waals surface area contributed by atoms with E-state index in [9.17, 15) is 27.9 Å². The normalized spacial score (nSPS) is 23.0. The van der Waals surface area contributed by atoms with Crippen LogP contribution < -0.4 is 0 Å². The Morgan fingerprint density at radius 1 is 1.02 bits per heavy atom. The van der Waals surface area contributed by atoms with Crippen LogP contribution in [0.5, 0.6) is 0 Å². The molecule has 0 spiro atoms. The van der Waals surface area contributed by atoms with Crippen LogP contribution in [0.15, 0.2) is 36.5 Å². The predicted octanol–water partition coefficient (Wildman–Crippen LogP) is 4.94. The lowest BCUT2D eigenvalue weighted by Gasteiger charge is -2.49. The van der Waals surface area contributed by atoms with Gasteiger partial charge in [0.15, 0.2) is 5.65 Å². The van der Waals surface area contributed by atoms with Crippen LogP contribution in [0.2, 0.25) is 0 Å². The van der Waals surface area contributed by atoms with Crippen molar-refractivity contribution in [2.75, 3.05) is 19.6 Å². The molecule has 0 atom stereocenters. The Morgan fingerprint density at radius 3 is 2.20 bits per heavy atom. The van der Waals surface area contributed by atoms with E-state index in [1.165, 1.54) is 16.6 Å². The summed E-state index contributed by atoms with van der Waals surface area (Å²) >= 11 is 0. The van der Waals surface area contributed by atoms with Gasteiger partial charge in [0, 0.05) is 36.7 Å². The summed E-state index contributed by atoms with van der Waals surface area (Å²) in [5, 5.41) is 14.7. The van der Waals surface area contributed by atoms with Crippen LogP contribution in [0.3, 0.4) is 0 Å². The van der Waals surface area contributed by atoms with Gasteiger partial charge in [-0.15, -0.1) is 0 Å². The average Bonchev–Trinajstić information content (AvgIpc) is 3.28. The summed E-state index contributed by atoms with van der Waals surface area (Å²) in [4.78, 5) is 35.0. The summed E-state index contributed by atoms with van der Waals surface area (Å²) in [5.74, 6) is -0.461. The number of aliphatic hydroxyl groups is 1. The molecule has 220 valence electrons. The number of rotatable bonds is 3. The lowest BCUT2D eigenvalue weighted by atomic mass is 9.71. The van der Waals surface area contributed by atoms with Crippen LogP contribution >= 0.6 is 0 Å². The highest BCUT2D eigenvalue weighted by atomic mass is 19.4. The Kier molecular flexibility index (Phi) is 6.76. The van der Waals surface area contributed by atoms with Crippen molar-refractivity contribution in [3.63, 3.8) is 0 Å². The largest absolute Gasteiger partial charge is 0.416 e. The maximum absolute atomic E-state index is 13.8. The topological polar surface area (TPSA) is 91.0 Å². The number of aromatic nitrogens is 3. The Morgan fingerprint density at radius 2 is 1.66 bits per heavy atom. The third-order valence-corrected chi connectivity index (χ3v) is 8.14. The van der Waals surface area contributed by atoms with Gasteiger partial charge in [0.05, 0.1) is 28.6 Å². The van der Waals surface area contributed by atoms with Crippen LogP contribution in [0.4, 0.5) is 13.2 Å². The van der Waals surface area contributed by atoms with Crippen molar-refractivity contribution >= 4 is 17.5 Å². The highest BCUT2D eigenvalue weighted by Crippen LogP contribution is 2.39. The van der Waals surface area contributed by atoms with Crippen molar-refractivity contribution < 1.29 is 27.9 Å². The Labute approximate surface area is 237 Å². The molecule has 2 aromatic heterocycles. The number of hydrogen-bond acceptors (Lipinski definition) is 5. The molecule has 3 aromatic rings. The van der Waals surface area contributed by atoms with Crippen molar-refractivity contribution in [2.24, 2.45) is 5.92 Å². The van der Waals surface area contributed by atoms with Gasteiger partial charge in [-0.05, 0) is 57.2 Å². The molecule has 5 rings (SSSR count). The molecule has 1 aliphatic heterocycles. The van der Waals surface area contributed by atoms with Gasteiger partial charge in [0.2, 0.25) is 5.91 Å². The van der Waals surface area contributed by atoms with E-state index in [2.05, 4.69) is 10.1 Å². The second-order valence-corrected chi connectivity index (χ2v) is 13.3. The van der Waals surface area contributed by atoms with Crippen molar-refractivity contribution in [3.8, 4) is 11.3 Å². The predicted molar refractivity (Wildman–Crippen MR) is 147 cm³/mol. The van der Waals surface area contributed by atoms with Crippen molar-refractivity contribution in [2.45, 2.75) is 77.1 Å². The Hall–Kier alpha value is -3.47. The number of imidazole rings is 1. The first-order valence-electron chi connectivity index (χ1n) is 13.8. The van der Waals surface area contributed by atoms with E-state index in [-0.39, 0.29) is 23.4 Å². The minimum absolute atomic E-state index is 0.0132. The fourth-order valence-corrected chi connectivity index (χ4v) is 5.90. The molecule has 2 amide bonds. The van der Waals surface area contributed by atoms with Gasteiger partial charge >= 0.3 is 6.18 Å². The van der Waals surface area contributed by atoms with Gasteiger partial charge in [-0.1, -0.05) is 32.9 Å². The van der Waals surface area contributed by atoms with Crippen LogP contribution in [-0.2, 0) is 16.4 Å². The Balaban J connectivity index is 1.43. The molecule has 1 aromatic carbocycles. The molecule has 1 saturated heterocycles. The second kappa shape index (κ2) is 9.54. The molecule has 41 heavy (non-hydrogen) atoms. The first-order chi connectivity index (χ1) is 18.9. The summed E-state index contributed by atoms with van der Waals surface area (Å²) < 4.78 is 40.8. The lowest BCUT2D eigenvalue weighted by Crippen LogP contribution is -2.63. The van der Waals surface area contributed by atoms with E-state index in [0.29, 0.717) is 49.4 Å². The zero-order valence-electron chi connectivity index (χ0n) is 24.2. The number of fused-ring (bicyclic) bond motifs is 1. The number of carbonyl (C=O) groups is 2. The molecule has 1 saturated carbocycles. The van der Waals surface area contributed by atoms with Gasteiger partial charge in [0.25, 0.3) is 5.91 Å². The zero-order chi connectivity index (χ0) is 30.1. The highest BCUT2D eigenvalue weighted by molar-refractivity contribution is 5.94. The molecule has 2 fully saturated rings. The van der Waals surface area contributed by atoms with E-state index in [1.54, 1.807) is 22.9 Å². The monoisotopic (exact) mass is 571 g/mol. The summed E-state index contributed by atoms with van der Waals surface area (Å²) in [6.45, 7) is 12.7. The lowest BCUT2D eigenvalue weighted by molar-refractivity contribution is -0.153. The van der Waals surface area contributed by atoms with Crippen LogP contribution in [0, 0.1) is 5.92 Å². The molecular weight excluding hydrogens is 535 g/mol. The highest BCUT2D eigenvalue weighted by Gasteiger charge is 2.47. The number of carbonyl (C=O) groups excluding carboxylic acids is 2. The minimum atomic E-state index is -4.43. The van der Waals surface area contributed by atoms with E-state index < -0.39 is 28.3 Å². The molecule has 11 heteroatoms. The molecule has 3 heterocycles. The van der Waals surface area contributed by atoms with E-state index in [0.717, 1.165) is 17.7 Å². The fourth-order valence-electron chi connectivity index (χ4n) is 5.90. The summed E-state index contributed by atoms with van der Waals surface area (Å²) in [7, 11) is 0. The number of benzene rings is 1. The zero-order valence-corrected chi connectivity index (χ0v) is 24.2. The SMILES string of the molecule is CC(C)(C)c1cc(-c2ccc(C(F)(F)F)cc2)nn2cc(C(=O)N3CCN(C(=O)[C@H]4C[C@@](C)(O)C4)CC3(C)C)nc12. The quantitative estimate of drug-likeness (QED) is 0.481. The maximum atomic E-state index is 13.8. The fraction of sp³-hybridized carbons (Fsp3) is 0.533. The molecular formula is C30H36F3N5O3. The Bertz CT molecular complexity index is 1490. The van der Waals surface area contributed by atoms with Gasteiger partial charge in [0.1, 0.15) is 5.69 Å². The van der Waals surface area contributed by atoms with Crippen molar-refractivity contribution in [3.05, 3.63) is 53.3 Å². The van der Waals surface area contributed by atoms with Gasteiger partial charge in [-0.3, -0.25) is 9.59 Å². The standard InChI is InChI=1S/C30H36F3N5O3/c1-27(2,3)21-13-22(18-7-9-20(10-8-18)30(31,32)33)35-38-16-23(34-24(21)38)26(40)37-12-11-36(17-28(37,4)5)25(39)19-14-29(6,41)15-19/h7-10,13,16,19,41H,11-12,14-15,17H2,1-6H3/t19-,29+. The summed E-state index contributed by atoms with van der Waals surface area (Å²) in [6.07, 6.45) is -1.98. The summed E-state index contributed by atoms with van der Waals surface area (Å²) in [5.41, 5.74) is -0.0895. The molecule has 0 radical (unpaired) electrons. The van der Waals surface area contributed by atoms with Gasteiger partial charge in [-0.2, -0.15) is 18.3 Å². The molecule has 1 N–H and O–H groups in total. The minimum Gasteiger partial charge on any atom is -0.390 e. The molecule has 8 nitrogen and oxygen atoms in total. The number of hydrogen-bond donors (Lipinski definition) is 1. The molecule has 0 bridgehead atoms. The van der Waals surface area contributed by atoms with E-state index >= 15 is 0 Å².